The number of rotatable bonds is 7. The molecule has 1 amide bonds. The molecule has 8 heteroatoms. The number of carboxylic acids is 1. The number of benzene rings is 2. The van der Waals surface area contributed by atoms with Crippen molar-refractivity contribution in [1.82, 2.24) is 14.7 Å². The van der Waals surface area contributed by atoms with Gasteiger partial charge in [-0.25, -0.2) is 9.78 Å². The Morgan fingerprint density at radius 2 is 1.78 bits per heavy atom. The van der Waals surface area contributed by atoms with Gasteiger partial charge in [0.05, 0.1) is 11.6 Å². The second-order valence-corrected chi connectivity index (χ2v) is 9.57. The van der Waals surface area contributed by atoms with Gasteiger partial charge >= 0.3 is 5.97 Å². The summed E-state index contributed by atoms with van der Waals surface area (Å²) in [7, 11) is 0. The van der Waals surface area contributed by atoms with Crippen LogP contribution >= 0.6 is 0 Å². The number of anilines is 1. The predicted molar refractivity (Wildman–Crippen MR) is 138 cm³/mol. The Bertz CT molecular complexity index is 1450. The van der Waals surface area contributed by atoms with Gasteiger partial charge < -0.3 is 15.7 Å². The highest BCUT2D eigenvalue weighted by Crippen LogP contribution is 2.31. The molecule has 8 nitrogen and oxygen atoms in total. The topological polar surface area (TPSA) is 120 Å². The summed E-state index contributed by atoms with van der Waals surface area (Å²) in [5, 5.41) is 24.9. The third-order valence-electron chi connectivity index (χ3n) is 5.56. The second-order valence-electron chi connectivity index (χ2n) is 9.57. The number of nitrogens with zero attached hydrogens (tertiary/aromatic N) is 3. The highest BCUT2D eigenvalue weighted by molar-refractivity contribution is 5.97. The smallest absolute Gasteiger partial charge is 0.326 e. The van der Waals surface area contributed by atoms with Gasteiger partial charge in [0.25, 0.3) is 5.91 Å². The Morgan fingerprint density at radius 3 is 2.39 bits per heavy atom. The second kappa shape index (κ2) is 9.92. The zero-order chi connectivity index (χ0) is 25.9. The molecule has 1 atom stereocenters. The molecule has 0 aliphatic carbocycles. The fraction of sp³-hybridized carbons (Fsp3) is 0.214. The van der Waals surface area contributed by atoms with E-state index in [1.165, 1.54) is 0 Å². The van der Waals surface area contributed by atoms with Crippen molar-refractivity contribution in [2.24, 2.45) is 0 Å². The van der Waals surface area contributed by atoms with E-state index in [1.807, 2.05) is 67.6 Å². The van der Waals surface area contributed by atoms with Gasteiger partial charge in [-0.2, -0.15) is 5.26 Å². The average molecular weight is 482 g/mol. The van der Waals surface area contributed by atoms with E-state index in [2.05, 4.69) is 16.7 Å². The van der Waals surface area contributed by atoms with Crippen LogP contribution in [-0.2, 0) is 11.2 Å². The van der Waals surface area contributed by atoms with Crippen molar-refractivity contribution in [2.75, 3.05) is 5.32 Å². The predicted octanol–water partition coefficient (Wildman–Crippen LogP) is 4.51. The minimum absolute atomic E-state index is 0.177. The van der Waals surface area contributed by atoms with E-state index in [1.54, 1.807) is 30.5 Å². The lowest BCUT2D eigenvalue weighted by atomic mass is 10.1. The number of carboxylic acid groups (broad SMARTS) is 1. The standard InChI is InChI=1S/C28H27N5O3/c1-28(2,3)32-25-24(20-11-9-19(17-29)10-12-20)31-23-16-21(13-14-33(23)25)26(34)30-22(27(35)36)15-18-7-5-4-6-8-18/h4-14,16,22,32H,15H2,1-3H3,(H,30,34)(H,35,36). The number of fused-ring (bicyclic) bond motifs is 1. The first-order valence-corrected chi connectivity index (χ1v) is 11.5. The number of hydrogen-bond donors (Lipinski definition) is 3. The molecule has 4 aromatic rings. The molecule has 0 fully saturated rings. The van der Waals surface area contributed by atoms with Crippen molar-refractivity contribution in [3.05, 3.63) is 89.6 Å². The quantitative estimate of drug-likeness (QED) is 0.357. The summed E-state index contributed by atoms with van der Waals surface area (Å²) < 4.78 is 1.86. The summed E-state index contributed by atoms with van der Waals surface area (Å²) in [6.45, 7) is 6.11. The number of nitrogens with one attached hydrogen (secondary N) is 2. The van der Waals surface area contributed by atoms with E-state index < -0.39 is 17.9 Å². The van der Waals surface area contributed by atoms with E-state index in [4.69, 9.17) is 10.2 Å². The van der Waals surface area contributed by atoms with Crippen molar-refractivity contribution in [3.63, 3.8) is 0 Å². The Morgan fingerprint density at radius 1 is 1.08 bits per heavy atom. The van der Waals surface area contributed by atoms with Crippen molar-refractivity contribution >= 4 is 23.3 Å². The zero-order valence-corrected chi connectivity index (χ0v) is 20.3. The number of amides is 1. The van der Waals surface area contributed by atoms with Gasteiger partial charge in [0, 0.05) is 29.3 Å². The highest BCUT2D eigenvalue weighted by Gasteiger charge is 2.23. The van der Waals surface area contributed by atoms with Crippen LogP contribution < -0.4 is 10.6 Å². The number of aromatic nitrogens is 2. The third kappa shape index (κ3) is 5.53. The van der Waals surface area contributed by atoms with Crippen LogP contribution in [0.3, 0.4) is 0 Å². The minimum atomic E-state index is -1.10. The Balaban J connectivity index is 1.68. The fourth-order valence-electron chi connectivity index (χ4n) is 3.86. The van der Waals surface area contributed by atoms with Crippen LogP contribution in [0.25, 0.3) is 16.9 Å². The molecule has 4 rings (SSSR count). The van der Waals surface area contributed by atoms with Crippen molar-refractivity contribution in [1.29, 1.82) is 5.26 Å². The molecule has 2 aromatic heterocycles. The first-order chi connectivity index (χ1) is 17.1. The number of carbonyl (C=O) groups is 2. The molecule has 0 saturated heterocycles. The molecular weight excluding hydrogens is 454 g/mol. The van der Waals surface area contributed by atoms with E-state index in [0.29, 0.717) is 22.5 Å². The van der Waals surface area contributed by atoms with Gasteiger partial charge in [0.2, 0.25) is 0 Å². The maximum atomic E-state index is 13.0. The van der Waals surface area contributed by atoms with Crippen molar-refractivity contribution < 1.29 is 14.7 Å². The zero-order valence-electron chi connectivity index (χ0n) is 20.3. The molecule has 2 heterocycles. The molecule has 0 radical (unpaired) electrons. The van der Waals surface area contributed by atoms with Crippen LogP contribution in [0.2, 0.25) is 0 Å². The van der Waals surface area contributed by atoms with E-state index in [9.17, 15) is 14.7 Å². The van der Waals surface area contributed by atoms with Crippen LogP contribution in [0.15, 0.2) is 72.9 Å². The lowest BCUT2D eigenvalue weighted by molar-refractivity contribution is -0.139. The van der Waals surface area contributed by atoms with Crippen LogP contribution in [-0.4, -0.2) is 37.9 Å². The summed E-state index contributed by atoms with van der Waals surface area (Å²) in [6, 6.07) is 20.6. The molecule has 0 saturated carbocycles. The number of carbonyl (C=O) groups excluding carboxylic acids is 1. The number of pyridine rings is 1. The molecule has 3 N–H and O–H groups in total. The average Bonchev–Trinajstić information content (AvgIpc) is 3.20. The van der Waals surface area contributed by atoms with Crippen LogP contribution in [0.1, 0.15) is 42.3 Å². The highest BCUT2D eigenvalue weighted by atomic mass is 16.4. The Kier molecular flexibility index (Phi) is 6.75. The molecule has 0 bridgehead atoms. The van der Waals surface area contributed by atoms with Gasteiger partial charge in [-0.3, -0.25) is 9.20 Å². The van der Waals surface area contributed by atoms with E-state index >= 15 is 0 Å². The van der Waals surface area contributed by atoms with Gasteiger partial charge in [-0.1, -0.05) is 42.5 Å². The fourth-order valence-corrected chi connectivity index (χ4v) is 3.86. The molecule has 36 heavy (non-hydrogen) atoms. The lowest BCUT2D eigenvalue weighted by Crippen LogP contribution is -2.42. The van der Waals surface area contributed by atoms with Crippen LogP contribution in [0.4, 0.5) is 5.82 Å². The molecular formula is C28H27N5O3. The maximum absolute atomic E-state index is 13.0. The monoisotopic (exact) mass is 481 g/mol. The third-order valence-corrected chi connectivity index (χ3v) is 5.56. The summed E-state index contributed by atoms with van der Waals surface area (Å²) in [5.74, 6) is -0.843. The van der Waals surface area contributed by atoms with Crippen LogP contribution in [0.5, 0.6) is 0 Å². The Labute approximate surface area is 209 Å². The largest absolute Gasteiger partial charge is 0.480 e. The first kappa shape index (κ1) is 24.5. The number of nitriles is 1. The minimum Gasteiger partial charge on any atom is -0.480 e. The SMILES string of the molecule is CC(C)(C)Nc1c(-c2ccc(C#N)cc2)nc2cc(C(=O)NC(Cc3ccccc3)C(=O)O)ccn12. The van der Waals surface area contributed by atoms with Crippen molar-refractivity contribution in [3.8, 4) is 17.3 Å². The number of imidazole rings is 1. The molecule has 0 aliphatic heterocycles. The molecule has 2 aromatic carbocycles. The molecule has 0 spiro atoms. The molecule has 1 unspecified atom stereocenters. The Hall–Kier alpha value is -4.64. The maximum Gasteiger partial charge on any atom is 0.326 e. The van der Waals surface area contributed by atoms with Gasteiger partial charge in [0.15, 0.2) is 0 Å². The number of hydrogen-bond acceptors (Lipinski definition) is 5. The van der Waals surface area contributed by atoms with Gasteiger partial charge in [-0.05, 0) is 50.6 Å². The van der Waals surface area contributed by atoms with Crippen molar-refractivity contribution in [2.45, 2.75) is 38.8 Å². The number of aliphatic carboxylic acids is 1. The van der Waals surface area contributed by atoms with Gasteiger partial charge in [-0.15, -0.1) is 0 Å². The molecule has 0 aliphatic rings. The summed E-state index contributed by atoms with van der Waals surface area (Å²) >= 11 is 0. The van der Waals surface area contributed by atoms with Gasteiger partial charge in [0.1, 0.15) is 23.2 Å². The van der Waals surface area contributed by atoms with E-state index in [0.717, 1.165) is 16.9 Å². The van der Waals surface area contributed by atoms with Crippen LogP contribution in [0, 0.1) is 11.3 Å². The summed E-state index contributed by atoms with van der Waals surface area (Å²) in [6.07, 6.45) is 1.92. The first-order valence-electron chi connectivity index (χ1n) is 11.5. The summed E-state index contributed by atoms with van der Waals surface area (Å²) in [4.78, 5) is 29.6. The molecule has 182 valence electrons. The normalized spacial score (nSPS) is 12.1. The van der Waals surface area contributed by atoms with E-state index in [-0.39, 0.29) is 12.0 Å². The summed E-state index contributed by atoms with van der Waals surface area (Å²) in [5.41, 5.74) is 3.45. The lowest BCUT2D eigenvalue weighted by Gasteiger charge is -2.22.